The standard InChI is InChI=1S/C15H15BrN2O6/c1-5-2-8(18-24-5)17-9(19)4-22-14(20)10-6-3-7-11(10)15(21)23-13(7)12(6)16/h2,6-7,10-13H,3-4H2,1H3,(H,17,18,19)/t6-,7-,10-,11-,12+,13+/m1/s1. The third kappa shape index (κ3) is 2.33. The van der Waals surface area contributed by atoms with E-state index in [1.807, 2.05) is 0 Å². The fraction of sp³-hybridized carbons (Fsp3) is 0.600. The Morgan fingerprint density at radius 3 is 2.96 bits per heavy atom. The number of fused-ring (bicyclic) bond motifs is 1. The smallest absolute Gasteiger partial charge is 0.310 e. The molecule has 1 aliphatic heterocycles. The van der Waals surface area contributed by atoms with Crippen LogP contribution < -0.4 is 5.32 Å². The quantitative estimate of drug-likeness (QED) is 0.595. The predicted octanol–water partition coefficient (Wildman–Crippen LogP) is 1.04. The minimum absolute atomic E-state index is 0.00482. The molecule has 0 unspecified atom stereocenters. The zero-order valence-corrected chi connectivity index (χ0v) is 14.3. The van der Waals surface area contributed by atoms with Crippen LogP contribution in [0.3, 0.4) is 0 Å². The van der Waals surface area contributed by atoms with E-state index in [1.54, 1.807) is 13.0 Å². The molecular weight excluding hydrogens is 384 g/mol. The number of aryl methyl sites for hydroxylation is 1. The first-order valence-corrected chi connectivity index (χ1v) is 8.61. The molecule has 1 N–H and O–H groups in total. The molecule has 9 heteroatoms. The highest BCUT2D eigenvalue weighted by Gasteiger charge is 2.68. The molecule has 24 heavy (non-hydrogen) atoms. The third-order valence-electron chi connectivity index (χ3n) is 5.04. The molecule has 2 saturated carbocycles. The molecule has 4 rings (SSSR count). The van der Waals surface area contributed by atoms with Crippen molar-refractivity contribution in [2.75, 3.05) is 11.9 Å². The lowest BCUT2D eigenvalue weighted by Crippen LogP contribution is -2.39. The SMILES string of the molecule is Cc1cc(NC(=O)COC(=O)[C@@H]2[C@H]3C[C@H]4[C@H](OC(=O)[C@H]42)[C@H]3Br)no1. The van der Waals surface area contributed by atoms with Crippen molar-refractivity contribution in [1.29, 1.82) is 0 Å². The monoisotopic (exact) mass is 398 g/mol. The number of nitrogens with one attached hydrogen (secondary N) is 1. The van der Waals surface area contributed by atoms with Gasteiger partial charge in [-0.3, -0.25) is 14.4 Å². The maximum Gasteiger partial charge on any atom is 0.310 e. The number of alkyl halides is 1. The normalized spacial score (nSPS) is 35.8. The Hall–Kier alpha value is -1.90. The lowest BCUT2D eigenvalue weighted by Gasteiger charge is -2.26. The van der Waals surface area contributed by atoms with Crippen LogP contribution in [0.25, 0.3) is 0 Å². The molecule has 1 aromatic rings. The van der Waals surface area contributed by atoms with E-state index >= 15 is 0 Å². The Kier molecular flexibility index (Phi) is 3.63. The van der Waals surface area contributed by atoms with E-state index < -0.39 is 30.3 Å². The first kappa shape index (κ1) is 15.6. The van der Waals surface area contributed by atoms with Crippen LogP contribution in [0.4, 0.5) is 5.82 Å². The number of hydrogen-bond donors (Lipinski definition) is 1. The summed E-state index contributed by atoms with van der Waals surface area (Å²) in [4.78, 5) is 36.2. The van der Waals surface area contributed by atoms with Crippen molar-refractivity contribution in [3.05, 3.63) is 11.8 Å². The molecule has 2 bridgehead atoms. The minimum atomic E-state index is -0.548. The van der Waals surface area contributed by atoms with Crippen molar-refractivity contribution >= 4 is 39.6 Å². The molecule has 1 aromatic heterocycles. The van der Waals surface area contributed by atoms with Crippen molar-refractivity contribution in [2.45, 2.75) is 24.3 Å². The van der Waals surface area contributed by atoms with Gasteiger partial charge in [0.2, 0.25) is 0 Å². The molecule has 1 amide bonds. The van der Waals surface area contributed by atoms with Crippen molar-refractivity contribution < 1.29 is 28.4 Å². The maximum absolute atomic E-state index is 12.4. The number of anilines is 1. The lowest BCUT2D eigenvalue weighted by molar-refractivity contribution is -0.157. The summed E-state index contributed by atoms with van der Waals surface area (Å²) in [5.74, 6) is -1.48. The summed E-state index contributed by atoms with van der Waals surface area (Å²) in [5.41, 5.74) is 0. The molecule has 3 aliphatic rings. The average Bonchev–Trinajstić information content (AvgIpc) is 3.24. The van der Waals surface area contributed by atoms with Crippen LogP contribution in [-0.4, -0.2) is 40.5 Å². The van der Waals surface area contributed by atoms with Gasteiger partial charge in [-0.1, -0.05) is 21.1 Å². The van der Waals surface area contributed by atoms with Gasteiger partial charge in [0.25, 0.3) is 5.91 Å². The summed E-state index contributed by atoms with van der Waals surface area (Å²) in [6.45, 7) is 1.26. The molecule has 0 aromatic carbocycles. The summed E-state index contributed by atoms with van der Waals surface area (Å²) < 4.78 is 15.3. The Morgan fingerprint density at radius 1 is 1.46 bits per heavy atom. The summed E-state index contributed by atoms with van der Waals surface area (Å²) >= 11 is 3.53. The summed E-state index contributed by atoms with van der Waals surface area (Å²) in [6.07, 6.45) is 0.622. The van der Waals surface area contributed by atoms with Gasteiger partial charge in [-0.05, 0) is 19.3 Å². The van der Waals surface area contributed by atoms with Gasteiger partial charge < -0.3 is 19.3 Å². The van der Waals surface area contributed by atoms with Gasteiger partial charge in [-0.15, -0.1) is 0 Å². The minimum Gasteiger partial charge on any atom is -0.461 e. The largest absolute Gasteiger partial charge is 0.461 e. The highest BCUT2D eigenvalue weighted by molar-refractivity contribution is 9.09. The highest BCUT2D eigenvalue weighted by Crippen LogP contribution is 2.60. The lowest BCUT2D eigenvalue weighted by atomic mass is 9.80. The first-order chi connectivity index (χ1) is 11.5. The number of esters is 2. The zero-order valence-electron chi connectivity index (χ0n) is 12.7. The van der Waals surface area contributed by atoms with Crippen molar-refractivity contribution in [3.8, 4) is 0 Å². The Balaban J connectivity index is 1.37. The number of carbonyl (C=O) groups is 3. The average molecular weight is 399 g/mol. The molecule has 128 valence electrons. The van der Waals surface area contributed by atoms with E-state index in [2.05, 4.69) is 26.4 Å². The van der Waals surface area contributed by atoms with E-state index in [0.29, 0.717) is 5.76 Å². The molecule has 3 fully saturated rings. The van der Waals surface area contributed by atoms with Crippen LogP contribution in [-0.2, 0) is 23.9 Å². The first-order valence-electron chi connectivity index (χ1n) is 7.70. The Bertz CT molecular complexity index is 719. The van der Waals surface area contributed by atoms with E-state index in [9.17, 15) is 14.4 Å². The van der Waals surface area contributed by atoms with Crippen LogP contribution >= 0.6 is 15.9 Å². The number of rotatable bonds is 4. The van der Waals surface area contributed by atoms with Crippen LogP contribution in [0, 0.1) is 30.6 Å². The molecule has 0 radical (unpaired) electrons. The van der Waals surface area contributed by atoms with Crippen molar-refractivity contribution in [2.24, 2.45) is 23.7 Å². The molecule has 2 aliphatic carbocycles. The van der Waals surface area contributed by atoms with Gasteiger partial charge in [0.05, 0.1) is 16.7 Å². The molecule has 6 atom stereocenters. The molecule has 1 saturated heterocycles. The van der Waals surface area contributed by atoms with Crippen molar-refractivity contribution in [3.63, 3.8) is 0 Å². The van der Waals surface area contributed by atoms with Gasteiger partial charge in [-0.2, -0.15) is 0 Å². The molecule has 8 nitrogen and oxygen atoms in total. The number of hydrogen-bond acceptors (Lipinski definition) is 7. The number of nitrogens with zero attached hydrogens (tertiary/aromatic N) is 1. The number of carbonyl (C=O) groups excluding carboxylic acids is 3. The molecule has 0 spiro atoms. The van der Waals surface area contributed by atoms with Crippen LogP contribution in [0.1, 0.15) is 12.2 Å². The summed E-state index contributed by atoms with van der Waals surface area (Å²) in [6, 6.07) is 1.56. The number of aromatic nitrogens is 1. The zero-order chi connectivity index (χ0) is 17.0. The van der Waals surface area contributed by atoms with E-state index in [1.165, 1.54) is 0 Å². The van der Waals surface area contributed by atoms with Crippen LogP contribution in [0.2, 0.25) is 0 Å². The van der Waals surface area contributed by atoms with Gasteiger partial charge in [0.15, 0.2) is 12.4 Å². The Morgan fingerprint density at radius 2 is 2.25 bits per heavy atom. The fourth-order valence-electron chi connectivity index (χ4n) is 4.13. The van der Waals surface area contributed by atoms with Crippen LogP contribution in [0.15, 0.2) is 10.6 Å². The van der Waals surface area contributed by atoms with Crippen molar-refractivity contribution in [1.82, 2.24) is 5.16 Å². The Labute approximate surface area is 145 Å². The van der Waals surface area contributed by atoms with Gasteiger partial charge in [-0.25, -0.2) is 0 Å². The second kappa shape index (κ2) is 5.58. The van der Waals surface area contributed by atoms with Gasteiger partial charge in [0, 0.05) is 12.0 Å². The van der Waals surface area contributed by atoms with Gasteiger partial charge in [0.1, 0.15) is 11.9 Å². The highest BCUT2D eigenvalue weighted by atomic mass is 79.9. The summed E-state index contributed by atoms with van der Waals surface area (Å²) in [7, 11) is 0. The van der Waals surface area contributed by atoms with Gasteiger partial charge >= 0.3 is 11.9 Å². The third-order valence-corrected chi connectivity index (χ3v) is 6.24. The number of ether oxygens (including phenoxy) is 2. The number of amides is 1. The topological polar surface area (TPSA) is 108 Å². The summed E-state index contributed by atoms with van der Waals surface area (Å²) in [5, 5.41) is 6.10. The number of halogens is 1. The molecule has 2 heterocycles. The maximum atomic E-state index is 12.4. The second-order valence-electron chi connectivity index (χ2n) is 6.44. The van der Waals surface area contributed by atoms with E-state index in [-0.39, 0.29) is 34.6 Å². The fourth-order valence-corrected chi connectivity index (χ4v) is 5.18. The predicted molar refractivity (Wildman–Crippen MR) is 82.0 cm³/mol. The molecular formula is C15H15BrN2O6. The second-order valence-corrected chi connectivity index (χ2v) is 7.50. The van der Waals surface area contributed by atoms with E-state index in [4.69, 9.17) is 14.0 Å². The van der Waals surface area contributed by atoms with E-state index in [0.717, 1.165) is 6.42 Å². The van der Waals surface area contributed by atoms with Crippen LogP contribution in [0.5, 0.6) is 0 Å².